The zero-order valence-corrected chi connectivity index (χ0v) is 13.4. The number of Topliss-reactive ketones (excluding diaryl/α,β-unsaturated/α-hetero) is 1. The first kappa shape index (κ1) is 15.4. The Hall–Kier alpha value is -2.54. The van der Waals surface area contributed by atoms with E-state index in [0.29, 0.717) is 5.56 Å². The topological polar surface area (TPSA) is 76.4 Å². The van der Waals surface area contributed by atoms with E-state index in [1.165, 1.54) is 11.3 Å². The fourth-order valence-corrected chi connectivity index (χ4v) is 2.86. The van der Waals surface area contributed by atoms with Crippen molar-refractivity contribution in [2.45, 2.75) is 25.8 Å². The third kappa shape index (κ3) is 3.62. The number of fused-ring (bicyclic) bond motifs is 1. The van der Waals surface area contributed by atoms with E-state index in [0.717, 1.165) is 10.7 Å². The molecule has 3 aromatic rings. The second-order valence-corrected chi connectivity index (χ2v) is 6.02. The summed E-state index contributed by atoms with van der Waals surface area (Å²) in [5.41, 5.74) is 3.10. The molecule has 0 unspecified atom stereocenters. The number of benzene rings is 1. The molecule has 118 valence electrons. The smallest absolute Gasteiger partial charge is 0.220 e. The van der Waals surface area contributed by atoms with Crippen molar-refractivity contribution >= 4 is 28.0 Å². The number of nitrogens with zero attached hydrogens (tertiary/aromatic N) is 3. The van der Waals surface area contributed by atoms with Crippen molar-refractivity contribution in [1.29, 1.82) is 0 Å². The lowest BCUT2D eigenvalue weighted by molar-refractivity contribution is -0.121. The van der Waals surface area contributed by atoms with E-state index in [9.17, 15) is 9.59 Å². The summed E-state index contributed by atoms with van der Waals surface area (Å²) in [5.74, 6) is -0.189. The number of hydrogen-bond acceptors (Lipinski definition) is 5. The van der Waals surface area contributed by atoms with Gasteiger partial charge in [0.15, 0.2) is 5.78 Å². The molecule has 0 fully saturated rings. The van der Waals surface area contributed by atoms with E-state index in [1.54, 1.807) is 28.4 Å². The number of imidazole rings is 1. The summed E-state index contributed by atoms with van der Waals surface area (Å²) < 4.78 is 1.68. The Morgan fingerprint density at radius 3 is 2.78 bits per heavy atom. The van der Waals surface area contributed by atoms with Gasteiger partial charge >= 0.3 is 0 Å². The predicted octanol–water partition coefficient (Wildman–Crippen LogP) is 2.63. The van der Waals surface area contributed by atoms with Gasteiger partial charge in [0.2, 0.25) is 10.9 Å². The van der Waals surface area contributed by atoms with Crippen LogP contribution in [0.1, 0.15) is 41.9 Å². The highest BCUT2D eigenvalue weighted by atomic mass is 32.1. The second kappa shape index (κ2) is 6.70. The van der Waals surface area contributed by atoms with Gasteiger partial charge in [0, 0.05) is 18.4 Å². The van der Waals surface area contributed by atoms with Crippen LogP contribution in [0.2, 0.25) is 0 Å². The molecule has 0 radical (unpaired) electrons. The molecule has 0 aliphatic carbocycles. The van der Waals surface area contributed by atoms with Crippen molar-refractivity contribution < 1.29 is 9.59 Å². The lowest BCUT2D eigenvalue weighted by Gasteiger charge is -2.11. The number of rotatable bonds is 6. The summed E-state index contributed by atoms with van der Waals surface area (Å²) in [7, 11) is 0. The number of aromatic nitrogens is 3. The molecule has 0 bridgehead atoms. The van der Waals surface area contributed by atoms with E-state index >= 15 is 0 Å². The Kier molecular flexibility index (Phi) is 4.47. The molecule has 1 aromatic carbocycles. The summed E-state index contributed by atoms with van der Waals surface area (Å²) in [6.07, 6.45) is 2.16. The van der Waals surface area contributed by atoms with Crippen LogP contribution in [0, 0.1) is 0 Å². The largest absolute Gasteiger partial charge is 0.348 e. The monoisotopic (exact) mass is 328 g/mol. The normalized spacial score (nSPS) is 12.2. The van der Waals surface area contributed by atoms with Gasteiger partial charge in [-0.25, -0.2) is 9.50 Å². The van der Waals surface area contributed by atoms with Crippen LogP contribution in [0.3, 0.4) is 0 Å². The van der Waals surface area contributed by atoms with Gasteiger partial charge in [-0.05, 0) is 6.92 Å². The second-order valence-electron chi connectivity index (χ2n) is 5.21. The van der Waals surface area contributed by atoms with Gasteiger partial charge in [-0.15, -0.1) is 0 Å². The molecule has 0 aliphatic heterocycles. The van der Waals surface area contributed by atoms with Gasteiger partial charge in [0.1, 0.15) is 5.51 Å². The quantitative estimate of drug-likeness (QED) is 0.706. The number of ketones is 1. The molecular formula is C16H16N4O2S. The summed E-state index contributed by atoms with van der Waals surface area (Å²) in [4.78, 5) is 29.2. The molecule has 1 amide bonds. The molecule has 2 heterocycles. The molecule has 1 N–H and O–H groups in total. The maximum atomic E-state index is 12.0. The molecule has 23 heavy (non-hydrogen) atoms. The summed E-state index contributed by atoms with van der Waals surface area (Å²) in [5, 5.41) is 6.97. The zero-order chi connectivity index (χ0) is 16.2. The van der Waals surface area contributed by atoms with Gasteiger partial charge in [-0.1, -0.05) is 41.7 Å². The van der Waals surface area contributed by atoms with Crippen LogP contribution in [-0.4, -0.2) is 26.3 Å². The van der Waals surface area contributed by atoms with Gasteiger partial charge < -0.3 is 5.32 Å². The highest BCUT2D eigenvalue weighted by Crippen LogP contribution is 2.15. The van der Waals surface area contributed by atoms with Gasteiger partial charge in [-0.2, -0.15) is 5.10 Å². The molecule has 2 aromatic heterocycles. The van der Waals surface area contributed by atoms with Crippen molar-refractivity contribution in [1.82, 2.24) is 19.9 Å². The van der Waals surface area contributed by atoms with E-state index in [2.05, 4.69) is 15.4 Å². The molecule has 0 aliphatic rings. The fourth-order valence-electron chi connectivity index (χ4n) is 2.25. The Bertz CT molecular complexity index is 796. The third-order valence-electron chi connectivity index (χ3n) is 3.50. The SMILES string of the molecule is C[C@@H](NC(=O)CCC(=O)c1ccccc1)c1cn2ncsc2n1. The number of carbonyl (C=O) groups is 2. The molecular weight excluding hydrogens is 312 g/mol. The van der Waals surface area contributed by atoms with Crippen LogP contribution in [0.4, 0.5) is 0 Å². The van der Waals surface area contributed by atoms with Gasteiger partial charge in [-0.3, -0.25) is 9.59 Å². The van der Waals surface area contributed by atoms with Crippen molar-refractivity contribution in [2.75, 3.05) is 0 Å². The highest BCUT2D eigenvalue weighted by Gasteiger charge is 2.15. The first-order valence-corrected chi connectivity index (χ1v) is 8.18. The van der Waals surface area contributed by atoms with Crippen molar-refractivity contribution in [3.63, 3.8) is 0 Å². The number of nitrogens with one attached hydrogen (secondary N) is 1. The van der Waals surface area contributed by atoms with Crippen LogP contribution in [0.5, 0.6) is 0 Å². The maximum absolute atomic E-state index is 12.0. The molecule has 0 saturated carbocycles. The predicted molar refractivity (Wildman–Crippen MR) is 87.4 cm³/mol. The van der Waals surface area contributed by atoms with Crippen molar-refractivity contribution in [3.8, 4) is 0 Å². The Labute approximate surface area is 137 Å². The van der Waals surface area contributed by atoms with Crippen LogP contribution in [0.25, 0.3) is 4.96 Å². The zero-order valence-electron chi connectivity index (χ0n) is 12.6. The Balaban J connectivity index is 1.52. The maximum Gasteiger partial charge on any atom is 0.220 e. The minimum Gasteiger partial charge on any atom is -0.348 e. The number of amides is 1. The first-order valence-electron chi connectivity index (χ1n) is 7.30. The standard InChI is InChI=1S/C16H16N4O2S/c1-11(13-9-20-16(19-13)23-10-17-20)18-15(22)8-7-14(21)12-5-3-2-4-6-12/h2-6,9-11H,7-8H2,1H3,(H,18,22)/t11-/m1/s1. The number of hydrogen-bond donors (Lipinski definition) is 1. The lowest BCUT2D eigenvalue weighted by atomic mass is 10.1. The Morgan fingerprint density at radius 1 is 1.26 bits per heavy atom. The van der Waals surface area contributed by atoms with Crippen LogP contribution >= 0.6 is 11.3 Å². The molecule has 0 saturated heterocycles. The molecule has 1 atom stereocenters. The molecule has 0 spiro atoms. The summed E-state index contributed by atoms with van der Waals surface area (Å²) >= 11 is 1.44. The van der Waals surface area contributed by atoms with E-state index in [-0.39, 0.29) is 30.6 Å². The summed E-state index contributed by atoms with van der Waals surface area (Å²) in [6, 6.07) is 8.78. The fraction of sp³-hybridized carbons (Fsp3) is 0.250. The van der Waals surface area contributed by atoms with Crippen LogP contribution in [0.15, 0.2) is 42.0 Å². The number of carbonyl (C=O) groups excluding carboxylic acids is 2. The summed E-state index contributed by atoms with van der Waals surface area (Å²) in [6.45, 7) is 1.86. The molecule has 3 rings (SSSR count). The minimum absolute atomic E-state index is 0.0277. The average molecular weight is 328 g/mol. The average Bonchev–Trinajstić information content (AvgIpc) is 3.15. The first-order chi connectivity index (χ1) is 11.1. The third-order valence-corrected chi connectivity index (χ3v) is 4.19. The van der Waals surface area contributed by atoms with Crippen molar-refractivity contribution in [3.05, 3.63) is 53.3 Å². The van der Waals surface area contributed by atoms with Crippen LogP contribution in [-0.2, 0) is 4.79 Å². The van der Waals surface area contributed by atoms with Gasteiger partial charge in [0.05, 0.1) is 17.9 Å². The lowest BCUT2D eigenvalue weighted by Crippen LogP contribution is -2.27. The van der Waals surface area contributed by atoms with E-state index in [1.807, 2.05) is 25.1 Å². The molecule has 7 heteroatoms. The molecule has 6 nitrogen and oxygen atoms in total. The van der Waals surface area contributed by atoms with Crippen molar-refractivity contribution in [2.24, 2.45) is 0 Å². The minimum atomic E-state index is -0.219. The van der Waals surface area contributed by atoms with Crippen LogP contribution < -0.4 is 5.32 Å². The highest BCUT2D eigenvalue weighted by molar-refractivity contribution is 7.14. The van der Waals surface area contributed by atoms with Gasteiger partial charge in [0.25, 0.3) is 0 Å². The van der Waals surface area contributed by atoms with E-state index < -0.39 is 0 Å². The Morgan fingerprint density at radius 2 is 2.04 bits per heavy atom. The van der Waals surface area contributed by atoms with E-state index in [4.69, 9.17) is 0 Å².